The van der Waals surface area contributed by atoms with Gasteiger partial charge in [0, 0.05) is 12.1 Å². The average molecular weight is 231 g/mol. The smallest absolute Gasteiger partial charge is 0.137 e. The van der Waals surface area contributed by atoms with E-state index in [1.807, 2.05) is 6.07 Å². The molecule has 1 saturated heterocycles. The lowest BCUT2D eigenvalue weighted by Crippen LogP contribution is -2.53. The van der Waals surface area contributed by atoms with Crippen molar-refractivity contribution in [2.24, 2.45) is 0 Å². The second-order valence-electron chi connectivity index (χ2n) is 5.52. The van der Waals surface area contributed by atoms with Crippen LogP contribution in [-0.2, 0) is 11.3 Å². The van der Waals surface area contributed by atoms with E-state index in [0.29, 0.717) is 0 Å². The first-order chi connectivity index (χ1) is 8.13. The van der Waals surface area contributed by atoms with E-state index in [0.717, 1.165) is 25.7 Å². The van der Waals surface area contributed by atoms with Gasteiger partial charge >= 0.3 is 0 Å². The molecule has 1 aliphatic heterocycles. The summed E-state index contributed by atoms with van der Waals surface area (Å²) in [5.41, 5.74) is 1.41. The number of hydrogen-bond donors (Lipinski definition) is 0. The first-order valence-corrected chi connectivity index (χ1v) is 6.39. The van der Waals surface area contributed by atoms with Crippen molar-refractivity contribution >= 4 is 6.29 Å². The Morgan fingerprint density at radius 2 is 2.06 bits per heavy atom. The summed E-state index contributed by atoms with van der Waals surface area (Å²) in [7, 11) is 0. The van der Waals surface area contributed by atoms with E-state index < -0.39 is 0 Å². The molecule has 2 nitrogen and oxygen atoms in total. The maximum absolute atomic E-state index is 11.2. The van der Waals surface area contributed by atoms with Gasteiger partial charge in [-0.25, -0.2) is 0 Å². The quantitative estimate of drug-likeness (QED) is 0.745. The number of benzene rings is 1. The number of carbonyl (C=O) groups is 1. The molecule has 2 heteroatoms. The Labute approximate surface area is 104 Å². The van der Waals surface area contributed by atoms with Gasteiger partial charge in [-0.15, -0.1) is 0 Å². The van der Waals surface area contributed by atoms with Crippen molar-refractivity contribution in [3.63, 3.8) is 0 Å². The number of hydrogen-bond acceptors (Lipinski definition) is 2. The standard InChI is InChI=1S/C15H21NO/c1-15(2)10-6-9-14(12-17)16(15)11-13-7-4-3-5-8-13/h3-5,7-8,12,14H,6,9-11H2,1-2H3. The average Bonchev–Trinajstić information content (AvgIpc) is 2.33. The van der Waals surface area contributed by atoms with E-state index in [2.05, 4.69) is 43.0 Å². The molecule has 0 N–H and O–H groups in total. The van der Waals surface area contributed by atoms with Crippen LogP contribution in [0.4, 0.5) is 0 Å². The van der Waals surface area contributed by atoms with Crippen molar-refractivity contribution in [3.05, 3.63) is 35.9 Å². The van der Waals surface area contributed by atoms with Gasteiger partial charge in [0.2, 0.25) is 0 Å². The van der Waals surface area contributed by atoms with Gasteiger partial charge in [0.05, 0.1) is 6.04 Å². The van der Waals surface area contributed by atoms with Crippen molar-refractivity contribution in [1.82, 2.24) is 4.90 Å². The summed E-state index contributed by atoms with van der Waals surface area (Å²) in [4.78, 5) is 13.6. The Morgan fingerprint density at radius 3 is 2.71 bits per heavy atom. The maximum Gasteiger partial charge on any atom is 0.137 e. The topological polar surface area (TPSA) is 20.3 Å². The minimum Gasteiger partial charge on any atom is -0.302 e. The molecule has 92 valence electrons. The third-order valence-electron chi connectivity index (χ3n) is 3.82. The third-order valence-corrected chi connectivity index (χ3v) is 3.82. The lowest BCUT2D eigenvalue weighted by atomic mass is 9.86. The van der Waals surface area contributed by atoms with Crippen molar-refractivity contribution in [3.8, 4) is 0 Å². The molecule has 0 aromatic heterocycles. The summed E-state index contributed by atoms with van der Waals surface area (Å²) >= 11 is 0. The van der Waals surface area contributed by atoms with Crippen LogP contribution in [0.3, 0.4) is 0 Å². The molecule has 0 spiro atoms. The fourth-order valence-electron chi connectivity index (χ4n) is 2.75. The molecule has 0 bridgehead atoms. The fraction of sp³-hybridized carbons (Fsp3) is 0.533. The highest BCUT2D eigenvalue weighted by atomic mass is 16.1. The van der Waals surface area contributed by atoms with E-state index in [4.69, 9.17) is 0 Å². The van der Waals surface area contributed by atoms with E-state index >= 15 is 0 Å². The van der Waals surface area contributed by atoms with Gasteiger partial charge in [-0.05, 0) is 38.7 Å². The van der Waals surface area contributed by atoms with Gasteiger partial charge in [-0.1, -0.05) is 30.3 Å². The number of piperidine rings is 1. The Morgan fingerprint density at radius 1 is 1.35 bits per heavy atom. The predicted molar refractivity (Wildman–Crippen MR) is 69.8 cm³/mol. The van der Waals surface area contributed by atoms with E-state index in [1.54, 1.807) is 0 Å². The van der Waals surface area contributed by atoms with Crippen LogP contribution in [0.15, 0.2) is 30.3 Å². The summed E-state index contributed by atoms with van der Waals surface area (Å²) in [5.74, 6) is 0. The maximum atomic E-state index is 11.2. The third kappa shape index (κ3) is 2.75. The summed E-state index contributed by atoms with van der Waals surface area (Å²) in [6.45, 7) is 5.36. The Kier molecular flexibility index (Phi) is 3.63. The Hall–Kier alpha value is -1.15. The van der Waals surface area contributed by atoms with Crippen molar-refractivity contribution in [2.45, 2.75) is 51.2 Å². The van der Waals surface area contributed by atoms with Crippen molar-refractivity contribution in [1.29, 1.82) is 0 Å². The van der Waals surface area contributed by atoms with Gasteiger partial charge in [0.25, 0.3) is 0 Å². The van der Waals surface area contributed by atoms with Gasteiger partial charge in [-0.3, -0.25) is 4.90 Å². The highest BCUT2D eigenvalue weighted by molar-refractivity contribution is 5.58. The molecule has 1 aromatic rings. The number of rotatable bonds is 3. The number of nitrogens with zero attached hydrogens (tertiary/aromatic N) is 1. The lowest BCUT2D eigenvalue weighted by molar-refractivity contribution is -0.117. The molecule has 1 heterocycles. The Balaban J connectivity index is 2.17. The van der Waals surface area contributed by atoms with Crippen molar-refractivity contribution in [2.75, 3.05) is 0 Å². The SMILES string of the molecule is CC1(C)CCCC(C=O)N1Cc1ccccc1. The molecule has 0 amide bonds. The molecule has 1 aliphatic rings. The first-order valence-electron chi connectivity index (χ1n) is 6.39. The van der Waals surface area contributed by atoms with Gasteiger partial charge in [-0.2, -0.15) is 0 Å². The van der Waals surface area contributed by atoms with Crippen molar-refractivity contribution < 1.29 is 4.79 Å². The molecular weight excluding hydrogens is 210 g/mol. The van der Waals surface area contributed by atoms with E-state index in [9.17, 15) is 4.79 Å². The summed E-state index contributed by atoms with van der Waals surface area (Å²) in [6, 6.07) is 10.5. The molecule has 1 atom stereocenters. The molecule has 1 unspecified atom stereocenters. The van der Waals surface area contributed by atoms with Gasteiger partial charge in [0.15, 0.2) is 0 Å². The minimum absolute atomic E-state index is 0.0824. The van der Waals surface area contributed by atoms with E-state index in [1.165, 1.54) is 12.0 Å². The van der Waals surface area contributed by atoms with Crippen LogP contribution in [0.5, 0.6) is 0 Å². The van der Waals surface area contributed by atoms with Crippen LogP contribution < -0.4 is 0 Å². The van der Waals surface area contributed by atoms with E-state index in [-0.39, 0.29) is 11.6 Å². The van der Waals surface area contributed by atoms with Crippen LogP contribution in [0, 0.1) is 0 Å². The summed E-state index contributed by atoms with van der Waals surface area (Å²) in [6.07, 6.45) is 4.44. The number of carbonyl (C=O) groups excluding carboxylic acids is 1. The molecule has 2 rings (SSSR count). The summed E-state index contributed by atoms with van der Waals surface area (Å²) in [5, 5.41) is 0. The molecular formula is C15H21NO. The molecule has 17 heavy (non-hydrogen) atoms. The largest absolute Gasteiger partial charge is 0.302 e. The zero-order valence-corrected chi connectivity index (χ0v) is 10.7. The second-order valence-corrected chi connectivity index (χ2v) is 5.52. The molecule has 1 aromatic carbocycles. The predicted octanol–water partition coefficient (Wildman–Crippen LogP) is 3.02. The normalized spacial score (nSPS) is 24.5. The first kappa shape index (κ1) is 12.3. The van der Waals surface area contributed by atoms with Crippen LogP contribution in [0.2, 0.25) is 0 Å². The zero-order chi connectivity index (χ0) is 12.3. The van der Waals surface area contributed by atoms with Crippen LogP contribution in [0.1, 0.15) is 38.7 Å². The molecule has 0 radical (unpaired) electrons. The highest BCUT2D eigenvalue weighted by Crippen LogP contribution is 2.32. The lowest BCUT2D eigenvalue weighted by Gasteiger charge is -2.46. The zero-order valence-electron chi connectivity index (χ0n) is 10.7. The summed E-state index contributed by atoms with van der Waals surface area (Å²) < 4.78 is 0. The van der Waals surface area contributed by atoms with Crippen LogP contribution in [-0.4, -0.2) is 22.8 Å². The van der Waals surface area contributed by atoms with Gasteiger partial charge < -0.3 is 4.79 Å². The number of likely N-dealkylation sites (tertiary alicyclic amines) is 1. The molecule has 0 aliphatic carbocycles. The number of aldehydes is 1. The second kappa shape index (κ2) is 5.01. The van der Waals surface area contributed by atoms with Crippen LogP contribution in [0.25, 0.3) is 0 Å². The van der Waals surface area contributed by atoms with Gasteiger partial charge in [0.1, 0.15) is 6.29 Å². The molecule has 0 saturated carbocycles. The monoisotopic (exact) mass is 231 g/mol. The fourth-order valence-corrected chi connectivity index (χ4v) is 2.75. The highest BCUT2D eigenvalue weighted by Gasteiger charge is 2.35. The molecule has 1 fully saturated rings. The van der Waals surface area contributed by atoms with Crippen LogP contribution >= 0.6 is 0 Å². The Bertz CT molecular complexity index is 372. The minimum atomic E-state index is 0.0824.